The fourth-order valence-electron chi connectivity index (χ4n) is 3.11. The normalized spacial score (nSPS) is 15.3. The molecule has 0 amide bonds. The van der Waals surface area contributed by atoms with Gasteiger partial charge in [0, 0.05) is 19.6 Å². The largest absolute Gasteiger partial charge is 0.463 e. The average molecular weight is 344 g/mol. The van der Waals surface area contributed by atoms with E-state index < -0.39 is 0 Å². The number of aromatic nitrogens is 3. The summed E-state index contributed by atoms with van der Waals surface area (Å²) in [4.78, 5) is 19.7. The van der Waals surface area contributed by atoms with Gasteiger partial charge in [-0.2, -0.15) is 5.10 Å². The van der Waals surface area contributed by atoms with E-state index in [0.29, 0.717) is 23.5 Å². The summed E-state index contributed by atoms with van der Waals surface area (Å²) in [7, 11) is 0. The summed E-state index contributed by atoms with van der Waals surface area (Å²) >= 11 is 1.55. The van der Waals surface area contributed by atoms with Crippen LogP contribution in [-0.2, 0) is 6.54 Å². The van der Waals surface area contributed by atoms with E-state index in [-0.39, 0.29) is 5.56 Å². The van der Waals surface area contributed by atoms with Gasteiger partial charge in [-0.15, -0.1) is 0 Å². The van der Waals surface area contributed by atoms with Gasteiger partial charge < -0.3 is 9.32 Å². The third-order valence-corrected chi connectivity index (χ3v) is 5.43. The standard InChI is InChI=1S/C17H20N4O2S/c1-2-8-21-16(22)14-15(13(19-21)12-7-6-11-23-12)24-17(18-14)20-9-4-3-5-10-20/h6-7,11H,2-5,8-10H2,1H3. The number of hydrogen-bond acceptors (Lipinski definition) is 6. The minimum absolute atomic E-state index is 0.110. The minimum atomic E-state index is -0.110. The molecular weight excluding hydrogens is 324 g/mol. The number of aryl methyl sites for hydroxylation is 1. The summed E-state index contributed by atoms with van der Waals surface area (Å²) in [5.74, 6) is 0.679. The molecule has 3 aromatic heterocycles. The van der Waals surface area contributed by atoms with Crippen molar-refractivity contribution in [2.45, 2.75) is 39.2 Å². The summed E-state index contributed by atoms with van der Waals surface area (Å²) in [5, 5.41) is 5.48. The van der Waals surface area contributed by atoms with E-state index in [1.54, 1.807) is 17.6 Å². The zero-order valence-corrected chi connectivity index (χ0v) is 14.5. The SMILES string of the molecule is CCCn1nc(-c2ccco2)c2sc(N3CCCCC3)nc2c1=O. The van der Waals surface area contributed by atoms with Gasteiger partial charge >= 0.3 is 0 Å². The maximum Gasteiger partial charge on any atom is 0.294 e. The molecule has 126 valence electrons. The molecule has 0 saturated carbocycles. The molecule has 0 spiro atoms. The van der Waals surface area contributed by atoms with Gasteiger partial charge in [0.05, 0.1) is 11.0 Å². The molecule has 3 aromatic rings. The van der Waals surface area contributed by atoms with Crippen molar-refractivity contribution in [2.24, 2.45) is 0 Å². The Morgan fingerprint density at radius 2 is 2.12 bits per heavy atom. The van der Waals surface area contributed by atoms with Crippen LogP contribution < -0.4 is 10.5 Å². The highest BCUT2D eigenvalue weighted by atomic mass is 32.1. The van der Waals surface area contributed by atoms with Crippen LogP contribution in [-0.4, -0.2) is 27.9 Å². The Balaban J connectivity index is 1.90. The number of thiazole rings is 1. The van der Waals surface area contributed by atoms with E-state index in [1.807, 2.05) is 19.1 Å². The molecule has 1 fully saturated rings. The lowest BCUT2D eigenvalue weighted by Crippen LogP contribution is -2.29. The molecule has 0 aromatic carbocycles. The van der Waals surface area contributed by atoms with Crippen LogP contribution in [0.15, 0.2) is 27.6 Å². The topological polar surface area (TPSA) is 64.2 Å². The second-order valence-corrected chi connectivity index (χ2v) is 7.05. The van der Waals surface area contributed by atoms with Crippen LogP contribution in [0.3, 0.4) is 0 Å². The van der Waals surface area contributed by atoms with Gasteiger partial charge in [0.15, 0.2) is 16.4 Å². The van der Waals surface area contributed by atoms with Crippen molar-refractivity contribution in [3.8, 4) is 11.5 Å². The molecule has 1 saturated heterocycles. The Morgan fingerprint density at radius 3 is 2.83 bits per heavy atom. The molecular formula is C17H20N4O2S. The lowest BCUT2D eigenvalue weighted by Gasteiger charge is -2.25. The first kappa shape index (κ1) is 15.4. The van der Waals surface area contributed by atoms with Crippen molar-refractivity contribution >= 4 is 26.7 Å². The van der Waals surface area contributed by atoms with Crippen molar-refractivity contribution in [3.63, 3.8) is 0 Å². The smallest absolute Gasteiger partial charge is 0.294 e. The Bertz CT molecular complexity index is 891. The third kappa shape index (κ3) is 2.62. The summed E-state index contributed by atoms with van der Waals surface area (Å²) in [5.41, 5.74) is 1.11. The zero-order chi connectivity index (χ0) is 16.5. The molecule has 0 atom stereocenters. The first-order valence-electron chi connectivity index (χ1n) is 8.48. The van der Waals surface area contributed by atoms with Crippen LogP contribution in [0, 0.1) is 0 Å². The van der Waals surface area contributed by atoms with E-state index in [9.17, 15) is 4.79 Å². The Labute approximate surface area is 143 Å². The summed E-state index contributed by atoms with van der Waals surface area (Å²) < 4.78 is 7.88. The molecule has 6 nitrogen and oxygen atoms in total. The van der Waals surface area contributed by atoms with E-state index in [0.717, 1.165) is 29.3 Å². The highest BCUT2D eigenvalue weighted by molar-refractivity contribution is 7.22. The highest BCUT2D eigenvalue weighted by Gasteiger charge is 2.22. The van der Waals surface area contributed by atoms with Crippen LogP contribution in [0.25, 0.3) is 21.7 Å². The van der Waals surface area contributed by atoms with Gasteiger partial charge in [-0.05, 0) is 37.8 Å². The second kappa shape index (κ2) is 6.39. The fraction of sp³-hybridized carbons (Fsp3) is 0.471. The van der Waals surface area contributed by atoms with Crippen molar-refractivity contribution in [1.29, 1.82) is 0 Å². The van der Waals surface area contributed by atoms with Gasteiger partial charge in [-0.25, -0.2) is 9.67 Å². The highest BCUT2D eigenvalue weighted by Crippen LogP contribution is 2.34. The van der Waals surface area contributed by atoms with Gasteiger partial charge in [0.1, 0.15) is 5.69 Å². The number of nitrogens with zero attached hydrogens (tertiary/aromatic N) is 4. The van der Waals surface area contributed by atoms with Crippen LogP contribution in [0.4, 0.5) is 5.13 Å². The van der Waals surface area contributed by atoms with Crippen molar-refractivity contribution in [1.82, 2.24) is 14.8 Å². The maximum atomic E-state index is 12.7. The molecule has 0 bridgehead atoms. The minimum Gasteiger partial charge on any atom is -0.463 e. The number of furan rings is 1. The van der Waals surface area contributed by atoms with Crippen molar-refractivity contribution in [2.75, 3.05) is 18.0 Å². The molecule has 0 aliphatic carbocycles. The first-order valence-corrected chi connectivity index (χ1v) is 9.30. The average Bonchev–Trinajstić information content (AvgIpc) is 3.28. The van der Waals surface area contributed by atoms with Crippen LogP contribution in [0.2, 0.25) is 0 Å². The molecule has 1 aliphatic rings. The van der Waals surface area contributed by atoms with Crippen molar-refractivity contribution in [3.05, 3.63) is 28.7 Å². The maximum absolute atomic E-state index is 12.7. The van der Waals surface area contributed by atoms with E-state index in [4.69, 9.17) is 4.42 Å². The Hall–Kier alpha value is -2.15. The van der Waals surface area contributed by atoms with E-state index in [2.05, 4.69) is 15.0 Å². The van der Waals surface area contributed by atoms with Crippen LogP contribution >= 0.6 is 11.3 Å². The number of fused-ring (bicyclic) bond motifs is 1. The number of piperidine rings is 1. The molecule has 0 N–H and O–H groups in total. The molecule has 4 heterocycles. The van der Waals surface area contributed by atoms with Crippen molar-refractivity contribution < 1.29 is 4.42 Å². The van der Waals surface area contributed by atoms with Gasteiger partial charge in [0.2, 0.25) is 0 Å². The predicted molar refractivity (Wildman–Crippen MR) is 95.7 cm³/mol. The lowest BCUT2D eigenvalue weighted by atomic mass is 10.1. The van der Waals surface area contributed by atoms with Crippen LogP contribution in [0.5, 0.6) is 0 Å². The van der Waals surface area contributed by atoms with Gasteiger partial charge in [-0.1, -0.05) is 18.3 Å². The molecule has 4 rings (SSSR count). The molecule has 24 heavy (non-hydrogen) atoms. The van der Waals surface area contributed by atoms with E-state index in [1.165, 1.54) is 23.9 Å². The third-order valence-electron chi connectivity index (χ3n) is 4.31. The Morgan fingerprint density at radius 1 is 1.29 bits per heavy atom. The monoisotopic (exact) mass is 344 g/mol. The second-order valence-electron chi connectivity index (χ2n) is 6.08. The van der Waals surface area contributed by atoms with E-state index >= 15 is 0 Å². The Kier molecular flexibility index (Phi) is 4.10. The fourth-order valence-corrected chi connectivity index (χ4v) is 4.21. The first-order chi connectivity index (χ1) is 11.8. The number of anilines is 1. The van der Waals surface area contributed by atoms with Gasteiger partial charge in [0.25, 0.3) is 5.56 Å². The lowest BCUT2D eigenvalue weighted by molar-refractivity contribution is 0.554. The summed E-state index contributed by atoms with van der Waals surface area (Å²) in [6, 6.07) is 3.72. The quantitative estimate of drug-likeness (QED) is 0.724. The predicted octanol–water partition coefficient (Wildman–Crippen LogP) is 3.51. The summed E-state index contributed by atoms with van der Waals surface area (Å²) in [6.45, 7) is 4.63. The summed E-state index contributed by atoms with van der Waals surface area (Å²) in [6.07, 6.45) is 6.10. The zero-order valence-electron chi connectivity index (χ0n) is 13.7. The van der Waals surface area contributed by atoms with Crippen LogP contribution in [0.1, 0.15) is 32.6 Å². The number of rotatable bonds is 4. The number of hydrogen-bond donors (Lipinski definition) is 0. The molecule has 0 radical (unpaired) electrons. The molecule has 0 unspecified atom stereocenters. The molecule has 7 heteroatoms. The molecule has 1 aliphatic heterocycles. The van der Waals surface area contributed by atoms with Gasteiger partial charge in [-0.3, -0.25) is 4.79 Å².